The number of rotatable bonds is 10. The number of amides is 3. The van der Waals surface area contributed by atoms with Crippen LogP contribution in [0.25, 0.3) is 6.08 Å². The van der Waals surface area contributed by atoms with Gasteiger partial charge in [0.15, 0.2) is 6.61 Å². The number of carbonyl (C=O) groups is 4. The summed E-state index contributed by atoms with van der Waals surface area (Å²) in [5.41, 5.74) is 2.48. The zero-order chi connectivity index (χ0) is 26.2. The Labute approximate surface area is 215 Å². The third kappa shape index (κ3) is 7.21. The average Bonchev–Trinajstić information content (AvgIpc) is 3.10. The highest BCUT2D eigenvalue weighted by Crippen LogP contribution is 2.32. The first-order valence-electron chi connectivity index (χ1n) is 11.7. The number of nitrogens with zero attached hydrogens (tertiary/aromatic N) is 1. The molecule has 1 N–H and O–H groups in total. The molecule has 0 aliphatic carbocycles. The summed E-state index contributed by atoms with van der Waals surface area (Å²) in [4.78, 5) is 50.3. The maximum atomic E-state index is 12.6. The van der Waals surface area contributed by atoms with Crippen LogP contribution in [0.1, 0.15) is 51.2 Å². The van der Waals surface area contributed by atoms with E-state index in [2.05, 4.69) is 19.2 Å². The van der Waals surface area contributed by atoms with Gasteiger partial charge in [0.2, 0.25) is 0 Å². The molecule has 8 nitrogen and oxygen atoms in total. The Kier molecular flexibility index (Phi) is 9.30. The second kappa shape index (κ2) is 12.4. The van der Waals surface area contributed by atoms with Crippen molar-refractivity contribution in [1.82, 2.24) is 4.90 Å². The Bertz CT molecular complexity index is 1160. The molecule has 3 rings (SSSR count). The maximum Gasteiger partial charge on any atom is 0.326 e. The summed E-state index contributed by atoms with van der Waals surface area (Å²) in [6.07, 6.45) is 1.93. The van der Waals surface area contributed by atoms with Crippen molar-refractivity contribution < 1.29 is 28.7 Å². The number of nitrogens with one attached hydrogen (secondary N) is 1. The fourth-order valence-corrected chi connectivity index (χ4v) is 4.21. The number of para-hydroxylation sites is 1. The van der Waals surface area contributed by atoms with Crippen molar-refractivity contribution in [3.8, 4) is 5.75 Å². The second-order valence-corrected chi connectivity index (χ2v) is 9.62. The molecule has 190 valence electrons. The maximum absolute atomic E-state index is 12.6. The second-order valence-electron chi connectivity index (χ2n) is 8.62. The molecular formula is C27H30N2O6S. The fraction of sp³-hybridized carbons (Fsp3) is 0.333. The lowest BCUT2D eigenvalue weighted by Gasteiger charge is -2.14. The van der Waals surface area contributed by atoms with Gasteiger partial charge in [0.05, 0.1) is 11.0 Å². The molecule has 2 aromatic carbocycles. The highest BCUT2D eigenvalue weighted by molar-refractivity contribution is 8.18. The van der Waals surface area contributed by atoms with Gasteiger partial charge in [0, 0.05) is 5.69 Å². The minimum Gasteiger partial charge on any atom is -0.484 e. The van der Waals surface area contributed by atoms with Crippen LogP contribution in [0.3, 0.4) is 0 Å². The molecule has 1 heterocycles. The Morgan fingerprint density at radius 2 is 1.75 bits per heavy atom. The molecule has 1 atom stereocenters. The molecule has 1 aliphatic rings. The van der Waals surface area contributed by atoms with E-state index in [1.54, 1.807) is 37.3 Å². The molecule has 0 unspecified atom stereocenters. The number of anilines is 1. The lowest BCUT2D eigenvalue weighted by Crippen LogP contribution is -2.35. The van der Waals surface area contributed by atoms with E-state index in [1.165, 1.54) is 0 Å². The van der Waals surface area contributed by atoms with E-state index in [4.69, 9.17) is 9.47 Å². The SMILES string of the molecule is CC[C@@H](C)OC(=O)CN1C(=O)S/C(=C/c2ccc(OCC(=O)Nc3ccccc3C(C)C)cc2)C1=O. The van der Waals surface area contributed by atoms with Crippen molar-refractivity contribution in [2.75, 3.05) is 18.5 Å². The molecule has 0 aromatic heterocycles. The molecule has 1 saturated heterocycles. The largest absolute Gasteiger partial charge is 0.484 e. The van der Waals surface area contributed by atoms with Gasteiger partial charge in [0.1, 0.15) is 12.3 Å². The van der Waals surface area contributed by atoms with E-state index in [0.29, 0.717) is 17.7 Å². The number of ether oxygens (including phenoxy) is 2. The number of thioether (sulfide) groups is 1. The Morgan fingerprint density at radius 3 is 2.42 bits per heavy atom. The molecule has 2 aromatic rings. The van der Waals surface area contributed by atoms with Gasteiger partial charge in [-0.3, -0.25) is 24.1 Å². The van der Waals surface area contributed by atoms with Crippen LogP contribution in [-0.4, -0.2) is 47.2 Å². The normalized spacial score (nSPS) is 15.4. The zero-order valence-electron chi connectivity index (χ0n) is 20.8. The summed E-state index contributed by atoms with van der Waals surface area (Å²) in [7, 11) is 0. The van der Waals surface area contributed by atoms with E-state index in [1.807, 2.05) is 31.2 Å². The highest BCUT2D eigenvalue weighted by atomic mass is 32.2. The number of carbonyl (C=O) groups excluding carboxylic acids is 4. The van der Waals surface area contributed by atoms with Crippen molar-refractivity contribution >= 4 is 46.5 Å². The third-order valence-electron chi connectivity index (χ3n) is 5.47. The number of hydrogen-bond acceptors (Lipinski definition) is 7. The topological polar surface area (TPSA) is 102 Å². The van der Waals surface area contributed by atoms with Gasteiger partial charge in [-0.05, 0) is 66.4 Å². The van der Waals surface area contributed by atoms with Crippen molar-refractivity contribution in [2.45, 2.75) is 46.1 Å². The molecule has 9 heteroatoms. The molecule has 1 fully saturated rings. The van der Waals surface area contributed by atoms with Crippen molar-refractivity contribution in [3.63, 3.8) is 0 Å². The van der Waals surface area contributed by atoms with Crippen LogP contribution in [-0.2, 0) is 19.1 Å². The van der Waals surface area contributed by atoms with Gasteiger partial charge in [-0.15, -0.1) is 0 Å². The molecule has 3 amide bonds. The molecule has 1 aliphatic heterocycles. The first-order chi connectivity index (χ1) is 17.2. The average molecular weight is 511 g/mol. The van der Waals surface area contributed by atoms with Crippen LogP contribution >= 0.6 is 11.8 Å². The van der Waals surface area contributed by atoms with Crippen LogP contribution in [0.2, 0.25) is 0 Å². The first kappa shape index (κ1) is 27.0. The van der Waals surface area contributed by atoms with Gasteiger partial charge < -0.3 is 14.8 Å². The lowest BCUT2D eigenvalue weighted by atomic mass is 10.0. The number of benzene rings is 2. The van der Waals surface area contributed by atoms with E-state index in [9.17, 15) is 19.2 Å². The van der Waals surface area contributed by atoms with Gasteiger partial charge in [-0.2, -0.15) is 0 Å². The summed E-state index contributed by atoms with van der Waals surface area (Å²) < 4.78 is 10.7. The predicted octanol–water partition coefficient (Wildman–Crippen LogP) is 5.21. The standard InChI is InChI=1S/C27H30N2O6S/c1-5-18(4)35-25(31)15-29-26(32)23(36-27(29)33)14-19-10-12-20(13-11-19)34-16-24(30)28-22-9-7-6-8-21(22)17(2)3/h6-14,17-18H,5,15-16H2,1-4H3,(H,28,30)/b23-14+/t18-/m1/s1. The van der Waals surface area contributed by atoms with Gasteiger partial charge in [-0.1, -0.05) is 51.1 Å². The lowest BCUT2D eigenvalue weighted by molar-refractivity contribution is -0.150. The van der Waals surface area contributed by atoms with E-state index in [0.717, 1.165) is 27.9 Å². The number of hydrogen-bond donors (Lipinski definition) is 1. The van der Waals surface area contributed by atoms with Gasteiger partial charge >= 0.3 is 5.97 Å². The van der Waals surface area contributed by atoms with Gasteiger partial charge in [0.25, 0.3) is 17.1 Å². The molecule has 36 heavy (non-hydrogen) atoms. The zero-order valence-corrected chi connectivity index (χ0v) is 21.6. The molecule has 0 radical (unpaired) electrons. The van der Waals surface area contributed by atoms with Crippen LogP contribution in [0.4, 0.5) is 10.5 Å². The van der Waals surface area contributed by atoms with Gasteiger partial charge in [-0.25, -0.2) is 0 Å². The first-order valence-corrected chi connectivity index (χ1v) is 12.6. The minimum absolute atomic E-state index is 0.155. The summed E-state index contributed by atoms with van der Waals surface area (Å²) >= 11 is 0.772. The van der Waals surface area contributed by atoms with Crippen LogP contribution < -0.4 is 10.1 Å². The summed E-state index contributed by atoms with van der Waals surface area (Å²) in [5, 5.41) is 2.36. The van der Waals surface area contributed by atoms with Crippen LogP contribution in [0.15, 0.2) is 53.4 Å². The van der Waals surface area contributed by atoms with E-state index in [-0.39, 0.29) is 29.4 Å². The Hall–Kier alpha value is -3.59. The Balaban J connectivity index is 1.56. The smallest absolute Gasteiger partial charge is 0.326 e. The van der Waals surface area contributed by atoms with Crippen LogP contribution in [0, 0.1) is 0 Å². The van der Waals surface area contributed by atoms with E-state index < -0.39 is 23.7 Å². The quantitative estimate of drug-likeness (QED) is 0.346. The van der Waals surface area contributed by atoms with E-state index >= 15 is 0 Å². The summed E-state index contributed by atoms with van der Waals surface area (Å²) in [6, 6.07) is 14.4. The number of esters is 1. The molecular weight excluding hydrogens is 480 g/mol. The summed E-state index contributed by atoms with van der Waals surface area (Å²) in [5.74, 6) is -0.668. The minimum atomic E-state index is -0.619. The van der Waals surface area contributed by atoms with Crippen molar-refractivity contribution in [2.24, 2.45) is 0 Å². The summed E-state index contributed by atoms with van der Waals surface area (Å²) in [6.45, 7) is 7.17. The molecule has 0 saturated carbocycles. The van der Waals surface area contributed by atoms with Crippen molar-refractivity contribution in [1.29, 1.82) is 0 Å². The number of imide groups is 1. The predicted molar refractivity (Wildman–Crippen MR) is 140 cm³/mol. The molecule has 0 spiro atoms. The van der Waals surface area contributed by atoms with Crippen molar-refractivity contribution in [3.05, 3.63) is 64.6 Å². The molecule has 0 bridgehead atoms. The fourth-order valence-electron chi connectivity index (χ4n) is 3.37. The highest BCUT2D eigenvalue weighted by Gasteiger charge is 2.36. The Morgan fingerprint density at radius 1 is 1.06 bits per heavy atom. The van der Waals surface area contributed by atoms with Crippen LogP contribution in [0.5, 0.6) is 5.75 Å². The monoisotopic (exact) mass is 510 g/mol. The third-order valence-corrected chi connectivity index (χ3v) is 6.38.